The van der Waals surface area contributed by atoms with Gasteiger partial charge in [0.15, 0.2) is 5.78 Å². The van der Waals surface area contributed by atoms with Crippen LogP contribution in [-0.4, -0.2) is 17.0 Å². The van der Waals surface area contributed by atoms with Crippen LogP contribution in [0.5, 0.6) is 0 Å². The predicted molar refractivity (Wildman–Crippen MR) is 79.9 cm³/mol. The Morgan fingerprint density at radius 1 is 1.00 bits per heavy atom. The largest absolute Gasteiger partial charge is 0.385 e. The minimum absolute atomic E-state index is 0.0210. The monoisotopic (exact) mass is 264 g/mol. The van der Waals surface area contributed by atoms with Crippen molar-refractivity contribution in [2.24, 2.45) is 11.8 Å². The topological polar surface area (TPSA) is 37.3 Å². The van der Waals surface area contributed by atoms with Crippen LogP contribution in [0.15, 0.2) is 24.3 Å². The first kappa shape index (κ1) is 16.2. The normalized spacial score (nSPS) is 31.7. The molecule has 0 spiro atoms. The van der Waals surface area contributed by atoms with Gasteiger partial charge in [0.1, 0.15) is 6.10 Å². The van der Waals surface area contributed by atoms with E-state index in [1.54, 1.807) is 0 Å². The van der Waals surface area contributed by atoms with Crippen LogP contribution < -0.4 is 0 Å². The summed E-state index contributed by atoms with van der Waals surface area (Å²) in [5, 5.41) is 9.92. The number of ketones is 1. The summed E-state index contributed by atoms with van der Waals surface area (Å²) in [6.45, 7) is 4.11. The Balaban J connectivity index is 2.59. The van der Waals surface area contributed by atoms with Gasteiger partial charge in [0.2, 0.25) is 0 Å². The number of rotatable bonds is 0. The summed E-state index contributed by atoms with van der Waals surface area (Å²) in [6, 6.07) is 0. The van der Waals surface area contributed by atoms with E-state index in [0.29, 0.717) is 12.8 Å². The molecular weight excluding hydrogens is 236 g/mol. The van der Waals surface area contributed by atoms with E-state index in [1.807, 2.05) is 6.92 Å². The highest BCUT2D eigenvalue weighted by atomic mass is 16.3. The number of aliphatic hydroxyl groups excluding tert-OH is 1. The van der Waals surface area contributed by atoms with Gasteiger partial charge in [0.25, 0.3) is 0 Å². The molecule has 0 saturated carbocycles. The molecular formula is C17H28O2. The third kappa shape index (κ3) is 7.31. The van der Waals surface area contributed by atoms with E-state index in [4.69, 9.17) is 0 Å². The molecule has 2 heteroatoms. The van der Waals surface area contributed by atoms with E-state index in [1.165, 1.54) is 19.3 Å². The first-order valence-electron chi connectivity index (χ1n) is 7.63. The minimum Gasteiger partial charge on any atom is -0.385 e. The Labute approximate surface area is 117 Å². The van der Waals surface area contributed by atoms with Gasteiger partial charge in [-0.05, 0) is 43.9 Å². The van der Waals surface area contributed by atoms with Crippen LogP contribution >= 0.6 is 0 Å². The van der Waals surface area contributed by atoms with Gasteiger partial charge in [0.05, 0.1) is 0 Å². The van der Waals surface area contributed by atoms with Crippen LogP contribution in [0.1, 0.15) is 58.8 Å². The van der Waals surface area contributed by atoms with Crippen LogP contribution in [0, 0.1) is 11.8 Å². The zero-order valence-corrected chi connectivity index (χ0v) is 12.3. The molecule has 2 nitrogen and oxygen atoms in total. The molecule has 1 N–H and O–H groups in total. The third-order valence-corrected chi connectivity index (χ3v) is 3.66. The van der Waals surface area contributed by atoms with Crippen LogP contribution in [0.25, 0.3) is 0 Å². The molecule has 0 radical (unpaired) electrons. The van der Waals surface area contributed by atoms with Crippen molar-refractivity contribution >= 4 is 5.78 Å². The number of carbonyl (C=O) groups excluding carboxylic acids is 1. The lowest BCUT2D eigenvalue weighted by Crippen LogP contribution is -2.23. The van der Waals surface area contributed by atoms with Crippen molar-refractivity contribution in [2.45, 2.75) is 64.9 Å². The molecule has 3 unspecified atom stereocenters. The standard InChI is InChI=1S/C17H28O2/c1-14-10-8-6-4-3-5-7-9-11-15(2)13-17(19)16(18)12-14/h8-11,14-16,18H,3-7,12-13H2,1-2H3. The molecule has 1 aliphatic rings. The highest BCUT2D eigenvalue weighted by molar-refractivity contribution is 5.83. The summed E-state index contributed by atoms with van der Waals surface area (Å²) in [6.07, 6.45) is 14.7. The first-order chi connectivity index (χ1) is 9.09. The SMILES string of the molecule is CC1C=CCCCCCC=CC(C)CC(O)C(=O)C1. The maximum absolute atomic E-state index is 11.9. The smallest absolute Gasteiger partial charge is 0.161 e. The van der Waals surface area contributed by atoms with Crippen LogP contribution in [-0.2, 0) is 4.79 Å². The van der Waals surface area contributed by atoms with E-state index in [0.717, 1.165) is 12.8 Å². The third-order valence-electron chi connectivity index (χ3n) is 3.66. The highest BCUT2D eigenvalue weighted by Gasteiger charge is 2.18. The Hall–Kier alpha value is -0.890. The lowest BCUT2D eigenvalue weighted by molar-refractivity contribution is -0.128. The fourth-order valence-electron chi connectivity index (χ4n) is 2.44. The van der Waals surface area contributed by atoms with Gasteiger partial charge in [-0.15, -0.1) is 0 Å². The van der Waals surface area contributed by atoms with E-state index in [2.05, 4.69) is 31.2 Å². The van der Waals surface area contributed by atoms with E-state index in [9.17, 15) is 9.90 Å². The molecule has 1 rings (SSSR count). The second-order valence-electron chi connectivity index (χ2n) is 5.87. The minimum atomic E-state index is -0.805. The van der Waals surface area contributed by atoms with Gasteiger partial charge in [-0.25, -0.2) is 0 Å². The molecule has 3 atom stereocenters. The Kier molecular flexibility index (Phi) is 7.73. The van der Waals surface area contributed by atoms with E-state index >= 15 is 0 Å². The van der Waals surface area contributed by atoms with Crippen molar-refractivity contribution in [1.82, 2.24) is 0 Å². The fourth-order valence-corrected chi connectivity index (χ4v) is 2.44. The van der Waals surface area contributed by atoms with Crippen molar-refractivity contribution in [2.75, 3.05) is 0 Å². The number of allylic oxidation sites excluding steroid dienone is 4. The first-order valence-corrected chi connectivity index (χ1v) is 7.63. The van der Waals surface area contributed by atoms with Crippen LogP contribution in [0.3, 0.4) is 0 Å². The zero-order chi connectivity index (χ0) is 14.1. The van der Waals surface area contributed by atoms with Gasteiger partial charge in [-0.3, -0.25) is 4.79 Å². The van der Waals surface area contributed by atoms with E-state index in [-0.39, 0.29) is 17.6 Å². The molecule has 0 bridgehead atoms. The summed E-state index contributed by atoms with van der Waals surface area (Å²) in [5.74, 6) is 0.486. The van der Waals surface area contributed by atoms with Gasteiger partial charge in [-0.1, -0.05) is 44.6 Å². The molecule has 108 valence electrons. The number of Topliss-reactive ketones (excluding diaryl/α,β-unsaturated/α-hetero) is 1. The summed E-state index contributed by atoms with van der Waals surface area (Å²) in [7, 11) is 0. The molecule has 1 aliphatic carbocycles. The molecule has 0 aromatic carbocycles. The van der Waals surface area contributed by atoms with Gasteiger partial charge in [0, 0.05) is 6.42 Å². The van der Waals surface area contributed by atoms with Crippen molar-refractivity contribution in [3.63, 3.8) is 0 Å². The van der Waals surface area contributed by atoms with Gasteiger partial charge < -0.3 is 5.11 Å². The van der Waals surface area contributed by atoms with Crippen LogP contribution in [0.4, 0.5) is 0 Å². The Morgan fingerprint density at radius 2 is 1.58 bits per heavy atom. The van der Waals surface area contributed by atoms with Crippen LogP contribution in [0.2, 0.25) is 0 Å². The summed E-state index contributed by atoms with van der Waals surface area (Å²) in [4.78, 5) is 11.9. The maximum Gasteiger partial charge on any atom is 0.161 e. The molecule has 0 aliphatic heterocycles. The molecule has 19 heavy (non-hydrogen) atoms. The fraction of sp³-hybridized carbons (Fsp3) is 0.706. The number of hydrogen-bond donors (Lipinski definition) is 1. The molecule has 0 fully saturated rings. The van der Waals surface area contributed by atoms with Gasteiger partial charge >= 0.3 is 0 Å². The number of hydrogen-bond acceptors (Lipinski definition) is 2. The molecule has 0 heterocycles. The second-order valence-corrected chi connectivity index (χ2v) is 5.87. The van der Waals surface area contributed by atoms with Gasteiger partial charge in [-0.2, -0.15) is 0 Å². The van der Waals surface area contributed by atoms with Crippen molar-refractivity contribution in [1.29, 1.82) is 0 Å². The van der Waals surface area contributed by atoms with Crippen molar-refractivity contribution in [3.8, 4) is 0 Å². The lowest BCUT2D eigenvalue weighted by Gasteiger charge is -2.14. The van der Waals surface area contributed by atoms with Crippen molar-refractivity contribution < 1.29 is 9.90 Å². The second kappa shape index (κ2) is 9.08. The number of carbonyl (C=O) groups is 1. The predicted octanol–water partition coefficient (Wildman–Crippen LogP) is 4.05. The summed E-state index contributed by atoms with van der Waals surface area (Å²) in [5.41, 5.74) is 0. The van der Waals surface area contributed by atoms with E-state index < -0.39 is 6.10 Å². The highest BCUT2D eigenvalue weighted by Crippen LogP contribution is 2.15. The lowest BCUT2D eigenvalue weighted by atomic mass is 9.95. The Bertz CT molecular complexity index is 317. The summed E-state index contributed by atoms with van der Waals surface area (Å²) >= 11 is 0. The number of aliphatic hydroxyl groups is 1. The molecule has 0 aromatic heterocycles. The molecule has 0 saturated heterocycles. The summed E-state index contributed by atoms with van der Waals surface area (Å²) < 4.78 is 0. The maximum atomic E-state index is 11.9. The molecule has 0 amide bonds. The van der Waals surface area contributed by atoms with Crippen molar-refractivity contribution in [3.05, 3.63) is 24.3 Å². The molecule has 0 aromatic rings. The average Bonchev–Trinajstić information content (AvgIpc) is 2.35. The quantitative estimate of drug-likeness (QED) is 0.670. The Morgan fingerprint density at radius 3 is 2.21 bits per heavy atom. The zero-order valence-electron chi connectivity index (χ0n) is 12.3. The average molecular weight is 264 g/mol.